The second kappa shape index (κ2) is 10.0. The number of sulfonamides is 1. The van der Waals surface area contributed by atoms with Gasteiger partial charge in [0.1, 0.15) is 0 Å². The number of aryl methyl sites for hydroxylation is 2. The van der Waals surface area contributed by atoms with Crippen molar-refractivity contribution < 1.29 is 22.8 Å². The standard InChI is InChI=1S/C21H33N3O4S/c1-17(2)28-14-4-9-22-21(25)16-23-10-12-24(13-11-23)29(26,27)20-8-7-18-5-3-6-19(18)15-20/h7-8,15,17H,3-6,9-14,16H2,1-2H3,(H,22,25)/p+1. The van der Waals surface area contributed by atoms with Crippen molar-refractivity contribution in [2.45, 2.75) is 50.5 Å². The Morgan fingerprint density at radius 1 is 1.21 bits per heavy atom. The van der Waals surface area contributed by atoms with Gasteiger partial charge in [-0.15, -0.1) is 0 Å². The van der Waals surface area contributed by atoms with Crippen molar-refractivity contribution in [3.05, 3.63) is 29.3 Å². The topological polar surface area (TPSA) is 80.2 Å². The molecule has 3 rings (SSSR count). The molecule has 29 heavy (non-hydrogen) atoms. The lowest BCUT2D eigenvalue weighted by Crippen LogP contribution is -3.15. The molecule has 1 heterocycles. The van der Waals surface area contributed by atoms with Crippen LogP contribution in [0, 0.1) is 0 Å². The Bertz CT molecular complexity index is 802. The molecule has 8 heteroatoms. The number of rotatable bonds is 9. The average Bonchev–Trinajstić information content (AvgIpc) is 3.16. The fourth-order valence-electron chi connectivity index (χ4n) is 3.99. The summed E-state index contributed by atoms with van der Waals surface area (Å²) in [6.45, 7) is 7.81. The summed E-state index contributed by atoms with van der Waals surface area (Å²) in [5, 5.41) is 2.92. The number of carbonyl (C=O) groups is 1. The first-order valence-electron chi connectivity index (χ1n) is 10.7. The summed E-state index contributed by atoms with van der Waals surface area (Å²) in [6, 6.07) is 5.57. The summed E-state index contributed by atoms with van der Waals surface area (Å²) in [6.07, 6.45) is 4.12. The SMILES string of the molecule is CC(C)OCCCNC(=O)C[NH+]1CCN(S(=O)(=O)c2ccc3c(c2)CCC3)CC1. The lowest BCUT2D eigenvalue weighted by Gasteiger charge is -2.31. The molecule has 7 nitrogen and oxygen atoms in total. The Labute approximate surface area is 174 Å². The van der Waals surface area contributed by atoms with Gasteiger partial charge in [0.25, 0.3) is 5.91 Å². The number of piperazine rings is 1. The van der Waals surface area contributed by atoms with Crippen molar-refractivity contribution in [3.8, 4) is 0 Å². The van der Waals surface area contributed by atoms with Crippen LogP contribution in [0.4, 0.5) is 0 Å². The third-order valence-corrected chi connectivity index (χ3v) is 7.54. The number of amides is 1. The van der Waals surface area contributed by atoms with Crippen LogP contribution in [0.3, 0.4) is 0 Å². The number of ether oxygens (including phenoxy) is 1. The van der Waals surface area contributed by atoms with E-state index in [1.54, 1.807) is 10.4 Å². The molecule has 0 aromatic heterocycles. The Morgan fingerprint density at radius 3 is 2.66 bits per heavy atom. The number of quaternary nitrogens is 1. The predicted octanol–water partition coefficient (Wildman–Crippen LogP) is -0.00420. The molecule has 0 saturated carbocycles. The molecule has 0 radical (unpaired) electrons. The maximum absolute atomic E-state index is 13.0. The molecule has 1 aromatic carbocycles. The summed E-state index contributed by atoms with van der Waals surface area (Å²) >= 11 is 0. The average molecular weight is 425 g/mol. The van der Waals surface area contributed by atoms with E-state index < -0.39 is 10.0 Å². The summed E-state index contributed by atoms with van der Waals surface area (Å²) < 4.78 is 33.0. The molecule has 2 aliphatic rings. The van der Waals surface area contributed by atoms with Crippen LogP contribution in [-0.2, 0) is 32.4 Å². The molecule has 0 spiro atoms. The van der Waals surface area contributed by atoms with Crippen molar-refractivity contribution in [3.63, 3.8) is 0 Å². The second-order valence-electron chi connectivity index (χ2n) is 8.24. The zero-order valence-electron chi connectivity index (χ0n) is 17.6. The first-order valence-corrected chi connectivity index (χ1v) is 12.1. The van der Waals surface area contributed by atoms with Gasteiger partial charge in [0.2, 0.25) is 10.0 Å². The fraction of sp³-hybridized carbons (Fsp3) is 0.667. The van der Waals surface area contributed by atoms with E-state index in [2.05, 4.69) is 5.32 Å². The number of fused-ring (bicyclic) bond motifs is 1. The third kappa shape index (κ3) is 6.01. The lowest BCUT2D eigenvalue weighted by atomic mass is 10.1. The maximum Gasteiger partial charge on any atom is 0.275 e. The van der Waals surface area contributed by atoms with Crippen LogP contribution in [0.1, 0.15) is 37.8 Å². The number of carbonyl (C=O) groups excluding carboxylic acids is 1. The zero-order chi connectivity index (χ0) is 20.9. The number of benzene rings is 1. The van der Waals surface area contributed by atoms with Gasteiger partial charge < -0.3 is 15.0 Å². The minimum Gasteiger partial charge on any atom is -0.379 e. The molecule has 1 aromatic rings. The molecular weight excluding hydrogens is 390 g/mol. The highest BCUT2D eigenvalue weighted by Gasteiger charge is 2.31. The molecule has 0 unspecified atom stereocenters. The molecular formula is C21H34N3O4S+. The van der Waals surface area contributed by atoms with Crippen LogP contribution in [0.5, 0.6) is 0 Å². The van der Waals surface area contributed by atoms with Crippen LogP contribution in [-0.4, -0.2) is 70.6 Å². The Hall–Kier alpha value is -1.48. The van der Waals surface area contributed by atoms with Crippen molar-refractivity contribution in [2.75, 3.05) is 45.9 Å². The normalized spacial score (nSPS) is 18.2. The van der Waals surface area contributed by atoms with Gasteiger partial charge in [-0.25, -0.2) is 8.42 Å². The molecule has 1 fully saturated rings. The van der Waals surface area contributed by atoms with Crippen LogP contribution in [0.15, 0.2) is 23.1 Å². The summed E-state index contributed by atoms with van der Waals surface area (Å²) in [5.74, 6) is 0.0134. The molecule has 0 bridgehead atoms. The van der Waals surface area contributed by atoms with Gasteiger partial charge in [-0.1, -0.05) is 6.07 Å². The van der Waals surface area contributed by atoms with E-state index in [0.29, 0.717) is 50.8 Å². The third-order valence-electron chi connectivity index (χ3n) is 5.64. The van der Waals surface area contributed by atoms with Crippen molar-refractivity contribution in [2.24, 2.45) is 0 Å². The van der Waals surface area contributed by atoms with Gasteiger partial charge in [-0.05, 0) is 62.8 Å². The van der Waals surface area contributed by atoms with E-state index in [1.807, 2.05) is 26.0 Å². The first-order chi connectivity index (χ1) is 13.9. The molecule has 162 valence electrons. The summed E-state index contributed by atoms with van der Waals surface area (Å²) in [5.41, 5.74) is 2.45. The number of nitrogens with zero attached hydrogens (tertiary/aromatic N) is 1. The van der Waals surface area contributed by atoms with Crippen molar-refractivity contribution in [1.29, 1.82) is 0 Å². The van der Waals surface area contributed by atoms with Crippen LogP contribution < -0.4 is 10.2 Å². The highest BCUT2D eigenvalue weighted by Crippen LogP contribution is 2.26. The molecule has 1 aliphatic heterocycles. The summed E-state index contributed by atoms with van der Waals surface area (Å²) in [4.78, 5) is 13.6. The highest BCUT2D eigenvalue weighted by atomic mass is 32.2. The van der Waals surface area contributed by atoms with E-state index in [-0.39, 0.29) is 12.0 Å². The number of nitrogens with one attached hydrogen (secondary N) is 2. The molecule has 1 amide bonds. The van der Waals surface area contributed by atoms with Gasteiger partial charge in [0.05, 0.1) is 37.2 Å². The van der Waals surface area contributed by atoms with E-state index in [1.165, 1.54) is 11.1 Å². The van der Waals surface area contributed by atoms with E-state index in [9.17, 15) is 13.2 Å². The number of hydrogen-bond donors (Lipinski definition) is 2. The summed E-state index contributed by atoms with van der Waals surface area (Å²) in [7, 11) is -3.46. The Morgan fingerprint density at radius 2 is 1.93 bits per heavy atom. The lowest BCUT2D eigenvalue weighted by molar-refractivity contribution is -0.895. The quantitative estimate of drug-likeness (QED) is 0.547. The Balaban J connectivity index is 1.43. The van der Waals surface area contributed by atoms with Crippen LogP contribution in [0.25, 0.3) is 0 Å². The monoisotopic (exact) mass is 424 g/mol. The fourth-order valence-corrected chi connectivity index (χ4v) is 5.48. The highest BCUT2D eigenvalue weighted by molar-refractivity contribution is 7.89. The van der Waals surface area contributed by atoms with Gasteiger partial charge in [0.15, 0.2) is 6.54 Å². The Kier molecular flexibility index (Phi) is 7.67. The molecule has 2 N–H and O–H groups in total. The van der Waals surface area contributed by atoms with Crippen molar-refractivity contribution >= 4 is 15.9 Å². The zero-order valence-corrected chi connectivity index (χ0v) is 18.4. The second-order valence-corrected chi connectivity index (χ2v) is 10.2. The van der Waals surface area contributed by atoms with E-state index >= 15 is 0 Å². The first kappa shape index (κ1) is 22.2. The minimum atomic E-state index is -3.46. The number of hydrogen-bond acceptors (Lipinski definition) is 4. The van der Waals surface area contributed by atoms with E-state index in [0.717, 1.165) is 30.6 Å². The van der Waals surface area contributed by atoms with Gasteiger partial charge in [0, 0.05) is 13.2 Å². The van der Waals surface area contributed by atoms with Crippen molar-refractivity contribution in [1.82, 2.24) is 9.62 Å². The molecule has 1 saturated heterocycles. The predicted molar refractivity (Wildman–Crippen MR) is 112 cm³/mol. The van der Waals surface area contributed by atoms with Gasteiger partial charge in [-0.3, -0.25) is 4.79 Å². The van der Waals surface area contributed by atoms with Crippen LogP contribution in [0.2, 0.25) is 0 Å². The van der Waals surface area contributed by atoms with Gasteiger partial charge in [-0.2, -0.15) is 4.31 Å². The maximum atomic E-state index is 13.0. The largest absolute Gasteiger partial charge is 0.379 e. The molecule has 0 atom stereocenters. The van der Waals surface area contributed by atoms with E-state index in [4.69, 9.17) is 4.74 Å². The smallest absolute Gasteiger partial charge is 0.275 e. The molecule has 1 aliphatic carbocycles. The van der Waals surface area contributed by atoms with Gasteiger partial charge >= 0.3 is 0 Å². The minimum absolute atomic E-state index is 0.0134. The van der Waals surface area contributed by atoms with Crippen LogP contribution >= 0.6 is 0 Å².